The maximum atomic E-state index is 13.3. The van der Waals surface area contributed by atoms with Crippen molar-refractivity contribution in [1.29, 1.82) is 0 Å². The van der Waals surface area contributed by atoms with Crippen LogP contribution < -0.4 is 14.8 Å². The lowest BCUT2D eigenvalue weighted by Gasteiger charge is -2.41. The molecule has 1 heterocycles. The summed E-state index contributed by atoms with van der Waals surface area (Å²) < 4.78 is 17.1. The molecule has 3 N–H and O–H groups in total. The van der Waals surface area contributed by atoms with Gasteiger partial charge < -0.3 is 34.6 Å². The molecule has 4 atom stereocenters. The molecule has 1 saturated carbocycles. The summed E-state index contributed by atoms with van der Waals surface area (Å²) in [7, 11) is 1.45. The third kappa shape index (κ3) is 5.11. The Balaban J connectivity index is 1.74. The summed E-state index contributed by atoms with van der Waals surface area (Å²) in [5, 5.41) is 23.4. The van der Waals surface area contributed by atoms with Crippen LogP contribution in [0.5, 0.6) is 11.5 Å². The standard InChI is InChI=1S/C26H34N2O8/c1-3-35-10-4-8-28(26(33)16-5-6-16)19-13-18(25(32)27-7-9-29)21-17-11-15(14-30)12-20(34-2)23(17)36-24(21)22(19)31/h11-14,16,19,21-22,24,29,31H,3-10H2,1-2H3,(H,27,32)/t19-,21+,22+,24+/m1/s1. The molecule has 196 valence electrons. The van der Waals surface area contributed by atoms with E-state index in [4.69, 9.17) is 14.2 Å². The highest BCUT2D eigenvalue weighted by Gasteiger charge is 2.52. The van der Waals surface area contributed by atoms with E-state index < -0.39 is 30.1 Å². The first kappa shape index (κ1) is 26.1. The second kappa shape index (κ2) is 11.4. The Bertz CT molecular complexity index is 1020. The van der Waals surface area contributed by atoms with E-state index in [9.17, 15) is 24.6 Å². The molecule has 1 aliphatic heterocycles. The number of methoxy groups -OCH3 is 1. The highest BCUT2D eigenvalue weighted by atomic mass is 16.5. The van der Waals surface area contributed by atoms with Gasteiger partial charge in [0.05, 0.1) is 25.7 Å². The molecule has 1 fully saturated rings. The van der Waals surface area contributed by atoms with Crippen LogP contribution in [0.1, 0.15) is 48.0 Å². The number of aliphatic hydroxyl groups is 2. The summed E-state index contributed by atoms with van der Waals surface area (Å²) in [5.41, 5.74) is 1.22. The second-order valence-corrected chi connectivity index (χ2v) is 9.26. The maximum absolute atomic E-state index is 13.3. The van der Waals surface area contributed by atoms with E-state index in [-0.39, 0.29) is 25.0 Å². The minimum atomic E-state index is -1.13. The van der Waals surface area contributed by atoms with Gasteiger partial charge in [-0.25, -0.2) is 0 Å². The van der Waals surface area contributed by atoms with E-state index in [0.717, 1.165) is 12.8 Å². The van der Waals surface area contributed by atoms with Crippen molar-refractivity contribution in [3.8, 4) is 11.5 Å². The Morgan fingerprint density at radius 2 is 2.08 bits per heavy atom. The number of hydrogen-bond donors (Lipinski definition) is 3. The molecule has 0 bridgehead atoms. The SMILES string of the molecule is CCOCCCN(C(=O)C1CC1)[C@@H]1C=C(C(=O)NCCO)[C@@H]2c3cc(C=O)cc(OC)c3O[C@@H]2[C@H]1O. The van der Waals surface area contributed by atoms with Crippen LogP contribution >= 0.6 is 0 Å². The number of hydrogen-bond acceptors (Lipinski definition) is 8. The fourth-order valence-corrected chi connectivity index (χ4v) is 5.01. The van der Waals surface area contributed by atoms with E-state index in [2.05, 4.69) is 5.32 Å². The van der Waals surface area contributed by atoms with Crippen molar-refractivity contribution >= 4 is 18.1 Å². The van der Waals surface area contributed by atoms with E-state index in [1.54, 1.807) is 23.1 Å². The van der Waals surface area contributed by atoms with Gasteiger partial charge in [0.15, 0.2) is 11.5 Å². The van der Waals surface area contributed by atoms with E-state index in [1.165, 1.54) is 7.11 Å². The van der Waals surface area contributed by atoms with Crippen molar-refractivity contribution < 1.29 is 38.8 Å². The van der Waals surface area contributed by atoms with Gasteiger partial charge in [0.1, 0.15) is 18.5 Å². The number of aldehydes is 1. The maximum Gasteiger partial charge on any atom is 0.247 e. The lowest BCUT2D eigenvalue weighted by atomic mass is 9.77. The number of nitrogens with one attached hydrogen (secondary N) is 1. The van der Waals surface area contributed by atoms with E-state index in [1.807, 2.05) is 6.92 Å². The summed E-state index contributed by atoms with van der Waals surface area (Å²) in [6.07, 6.45) is 2.51. The summed E-state index contributed by atoms with van der Waals surface area (Å²) >= 11 is 0. The number of carbonyl (C=O) groups excluding carboxylic acids is 3. The van der Waals surface area contributed by atoms with Gasteiger partial charge in [-0.05, 0) is 44.4 Å². The molecule has 0 unspecified atom stereocenters. The predicted octanol–water partition coefficient (Wildman–Crippen LogP) is 0.796. The molecule has 10 nitrogen and oxygen atoms in total. The number of fused-ring (bicyclic) bond motifs is 3. The molecule has 0 spiro atoms. The van der Waals surface area contributed by atoms with Gasteiger partial charge in [-0.1, -0.05) is 0 Å². The lowest BCUT2D eigenvalue weighted by molar-refractivity contribution is -0.138. The van der Waals surface area contributed by atoms with Gasteiger partial charge >= 0.3 is 0 Å². The fraction of sp³-hybridized carbons (Fsp3) is 0.577. The van der Waals surface area contributed by atoms with Crippen LogP contribution in [-0.4, -0.2) is 91.5 Å². The molecule has 36 heavy (non-hydrogen) atoms. The van der Waals surface area contributed by atoms with Crippen LogP contribution in [0.15, 0.2) is 23.8 Å². The normalized spacial score (nSPS) is 24.2. The summed E-state index contributed by atoms with van der Waals surface area (Å²) in [4.78, 5) is 39.7. The first-order valence-electron chi connectivity index (χ1n) is 12.5. The number of ether oxygens (including phenoxy) is 3. The molecular weight excluding hydrogens is 468 g/mol. The summed E-state index contributed by atoms with van der Waals surface area (Å²) in [6.45, 7) is 3.11. The topological polar surface area (TPSA) is 135 Å². The van der Waals surface area contributed by atoms with Crippen molar-refractivity contribution in [3.05, 3.63) is 34.9 Å². The van der Waals surface area contributed by atoms with Crippen LogP contribution in [0.3, 0.4) is 0 Å². The van der Waals surface area contributed by atoms with Crippen molar-refractivity contribution in [1.82, 2.24) is 10.2 Å². The molecule has 10 heteroatoms. The van der Waals surface area contributed by atoms with Crippen LogP contribution in [-0.2, 0) is 14.3 Å². The Labute approximate surface area is 210 Å². The van der Waals surface area contributed by atoms with Crippen molar-refractivity contribution in [2.75, 3.05) is 40.0 Å². The molecule has 0 aromatic heterocycles. The summed E-state index contributed by atoms with van der Waals surface area (Å²) in [5.74, 6) is -0.577. The molecule has 2 amide bonds. The Morgan fingerprint density at radius 3 is 2.72 bits per heavy atom. The van der Waals surface area contributed by atoms with Crippen LogP contribution in [0.2, 0.25) is 0 Å². The van der Waals surface area contributed by atoms with Gasteiger partial charge in [-0.3, -0.25) is 14.4 Å². The summed E-state index contributed by atoms with van der Waals surface area (Å²) in [6, 6.07) is 2.38. The Hall–Kier alpha value is -2.95. The third-order valence-corrected chi connectivity index (χ3v) is 6.87. The van der Waals surface area contributed by atoms with Gasteiger partial charge in [0.25, 0.3) is 0 Å². The van der Waals surface area contributed by atoms with E-state index in [0.29, 0.717) is 60.7 Å². The zero-order valence-electron chi connectivity index (χ0n) is 20.6. The van der Waals surface area contributed by atoms with Gasteiger partial charge in [0, 0.05) is 48.9 Å². The largest absolute Gasteiger partial charge is 0.493 e. The first-order valence-corrected chi connectivity index (χ1v) is 12.5. The smallest absolute Gasteiger partial charge is 0.247 e. The van der Waals surface area contributed by atoms with Crippen LogP contribution in [0.25, 0.3) is 0 Å². The number of carbonyl (C=O) groups is 3. The molecule has 3 aliphatic rings. The molecule has 1 aromatic rings. The van der Waals surface area contributed by atoms with Crippen LogP contribution in [0.4, 0.5) is 0 Å². The zero-order valence-corrected chi connectivity index (χ0v) is 20.6. The zero-order chi connectivity index (χ0) is 25.8. The monoisotopic (exact) mass is 502 g/mol. The highest BCUT2D eigenvalue weighted by molar-refractivity contribution is 5.96. The van der Waals surface area contributed by atoms with Crippen molar-refractivity contribution in [3.63, 3.8) is 0 Å². The highest BCUT2D eigenvalue weighted by Crippen LogP contribution is 2.51. The Morgan fingerprint density at radius 1 is 1.31 bits per heavy atom. The molecule has 0 radical (unpaired) electrons. The van der Waals surface area contributed by atoms with E-state index >= 15 is 0 Å². The van der Waals surface area contributed by atoms with Crippen LogP contribution in [0, 0.1) is 5.92 Å². The quantitative estimate of drug-likeness (QED) is 0.282. The van der Waals surface area contributed by atoms with Gasteiger partial charge in [-0.15, -0.1) is 0 Å². The molecule has 1 aromatic carbocycles. The molecule has 0 saturated heterocycles. The fourth-order valence-electron chi connectivity index (χ4n) is 5.01. The number of amides is 2. The number of rotatable bonds is 12. The molecule has 2 aliphatic carbocycles. The second-order valence-electron chi connectivity index (χ2n) is 9.26. The van der Waals surface area contributed by atoms with Crippen molar-refractivity contribution in [2.45, 2.75) is 50.4 Å². The average molecular weight is 503 g/mol. The lowest BCUT2D eigenvalue weighted by Crippen LogP contribution is -2.56. The number of nitrogens with zero attached hydrogens (tertiary/aromatic N) is 1. The third-order valence-electron chi connectivity index (χ3n) is 6.87. The average Bonchev–Trinajstić information content (AvgIpc) is 3.67. The molecule has 4 rings (SSSR count). The predicted molar refractivity (Wildman–Crippen MR) is 129 cm³/mol. The minimum absolute atomic E-state index is 0.0469. The first-order chi connectivity index (χ1) is 17.4. The Kier molecular flexibility index (Phi) is 8.28. The van der Waals surface area contributed by atoms with Gasteiger partial charge in [-0.2, -0.15) is 0 Å². The number of aliphatic hydroxyl groups excluding tert-OH is 2. The van der Waals surface area contributed by atoms with Crippen molar-refractivity contribution in [2.24, 2.45) is 5.92 Å². The molecular formula is C26H34N2O8. The minimum Gasteiger partial charge on any atom is -0.493 e. The van der Waals surface area contributed by atoms with Gasteiger partial charge in [0.2, 0.25) is 11.8 Å². The number of benzene rings is 1.